The van der Waals surface area contributed by atoms with Crippen molar-refractivity contribution in [1.29, 1.82) is 0 Å². The number of aromatic nitrogens is 1. The minimum atomic E-state index is -0.713. The van der Waals surface area contributed by atoms with Crippen molar-refractivity contribution in [1.82, 2.24) is 4.57 Å². The van der Waals surface area contributed by atoms with Crippen LogP contribution in [0.15, 0.2) is 59.5 Å². The van der Waals surface area contributed by atoms with Crippen molar-refractivity contribution >= 4 is 17.5 Å². The molecule has 0 unspecified atom stereocenters. The van der Waals surface area contributed by atoms with E-state index in [9.17, 15) is 14.4 Å². The van der Waals surface area contributed by atoms with Crippen molar-refractivity contribution < 1.29 is 23.5 Å². The van der Waals surface area contributed by atoms with Gasteiger partial charge < -0.3 is 13.7 Å². The minimum Gasteiger partial charge on any atom is -0.451 e. The first-order valence-electron chi connectivity index (χ1n) is 9.51. The third-order valence-corrected chi connectivity index (χ3v) is 4.90. The Kier molecular flexibility index (Phi) is 6.16. The van der Waals surface area contributed by atoms with Gasteiger partial charge >= 0.3 is 5.97 Å². The van der Waals surface area contributed by atoms with Gasteiger partial charge in [0.05, 0.1) is 0 Å². The molecule has 0 bridgehead atoms. The molecule has 2 heterocycles. The van der Waals surface area contributed by atoms with Crippen LogP contribution in [0.25, 0.3) is 11.3 Å². The average Bonchev–Trinajstić information content (AvgIpc) is 3.33. The van der Waals surface area contributed by atoms with E-state index in [0.717, 1.165) is 17.0 Å². The molecule has 0 aliphatic carbocycles. The number of ether oxygens (including phenoxy) is 1. The standard InChI is InChI=1S/C24H23NO5/c1-5-12-25-15(2)13-20(16(25)3)21(27)14-29-24(28)23-11-10-22(30-23)19-8-6-18(7-9-19)17(4)26/h5-11,13H,1,12,14H2,2-4H3. The summed E-state index contributed by atoms with van der Waals surface area (Å²) in [6, 6.07) is 11.8. The number of furan rings is 1. The van der Waals surface area contributed by atoms with Gasteiger partial charge in [0.25, 0.3) is 0 Å². The highest BCUT2D eigenvalue weighted by Crippen LogP contribution is 2.23. The molecule has 0 atom stereocenters. The number of Topliss-reactive ketones (excluding diaryl/α,β-unsaturated/α-hetero) is 2. The fourth-order valence-corrected chi connectivity index (χ4v) is 3.25. The number of rotatable bonds is 8. The number of nitrogens with zero attached hydrogens (tertiary/aromatic N) is 1. The molecule has 0 spiro atoms. The SMILES string of the molecule is C=CCn1c(C)cc(C(=O)COC(=O)c2ccc(-c3ccc(C(C)=O)cc3)o2)c1C. The number of allylic oxidation sites excluding steroid dienone is 1. The fraction of sp³-hybridized carbons (Fsp3) is 0.208. The summed E-state index contributed by atoms with van der Waals surface area (Å²) in [5, 5.41) is 0. The molecule has 0 amide bonds. The number of carbonyl (C=O) groups is 3. The van der Waals surface area contributed by atoms with Gasteiger partial charge in [-0.25, -0.2) is 4.79 Å². The zero-order valence-corrected chi connectivity index (χ0v) is 17.2. The summed E-state index contributed by atoms with van der Waals surface area (Å²) in [6.07, 6.45) is 1.76. The van der Waals surface area contributed by atoms with Crippen LogP contribution in [0.4, 0.5) is 0 Å². The Balaban J connectivity index is 1.66. The van der Waals surface area contributed by atoms with E-state index in [1.165, 1.54) is 13.0 Å². The first-order valence-corrected chi connectivity index (χ1v) is 9.51. The van der Waals surface area contributed by atoms with Crippen molar-refractivity contribution in [2.24, 2.45) is 0 Å². The highest BCUT2D eigenvalue weighted by atomic mass is 16.5. The molecule has 30 heavy (non-hydrogen) atoms. The van der Waals surface area contributed by atoms with Crippen LogP contribution in [0.1, 0.15) is 49.6 Å². The van der Waals surface area contributed by atoms with Crippen molar-refractivity contribution in [3.8, 4) is 11.3 Å². The molecule has 3 rings (SSSR count). The number of hydrogen-bond donors (Lipinski definition) is 0. The smallest absolute Gasteiger partial charge is 0.374 e. The number of benzene rings is 1. The molecule has 154 valence electrons. The Morgan fingerprint density at radius 3 is 2.43 bits per heavy atom. The van der Waals surface area contributed by atoms with Gasteiger partial charge in [0, 0.05) is 34.6 Å². The Hall–Kier alpha value is -3.67. The first-order chi connectivity index (χ1) is 14.3. The van der Waals surface area contributed by atoms with E-state index in [0.29, 0.717) is 23.4 Å². The van der Waals surface area contributed by atoms with E-state index < -0.39 is 5.97 Å². The van der Waals surface area contributed by atoms with Crippen LogP contribution in [-0.2, 0) is 11.3 Å². The maximum Gasteiger partial charge on any atom is 0.374 e. The largest absolute Gasteiger partial charge is 0.451 e. The van der Waals surface area contributed by atoms with Crippen LogP contribution in [0.3, 0.4) is 0 Å². The summed E-state index contributed by atoms with van der Waals surface area (Å²) in [5.41, 5.74) is 3.59. The van der Waals surface area contributed by atoms with E-state index in [1.807, 2.05) is 18.4 Å². The maximum absolute atomic E-state index is 12.5. The average molecular weight is 405 g/mol. The lowest BCUT2D eigenvalue weighted by molar-refractivity contribution is 0.0444. The van der Waals surface area contributed by atoms with Gasteiger partial charge in [-0.15, -0.1) is 6.58 Å². The molecule has 0 fully saturated rings. The third kappa shape index (κ3) is 4.33. The Morgan fingerprint density at radius 2 is 1.80 bits per heavy atom. The molecule has 2 aromatic heterocycles. The molecule has 0 radical (unpaired) electrons. The molecular weight excluding hydrogens is 382 g/mol. The van der Waals surface area contributed by atoms with Crippen molar-refractivity contribution in [3.05, 3.63) is 83.4 Å². The fourth-order valence-electron chi connectivity index (χ4n) is 3.25. The van der Waals surface area contributed by atoms with Gasteiger partial charge in [-0.05, 0) is 39.0 Å². The lowest BCUT2D eigenvalue weighted by Crippen LogP contribution is -2.14. The topological polar surface area (TPSA) is 78.5 Å². The zero-order chi connectivity index (χ0) is 21.8. The highest BCUT2D eigenvalue weighted by molar-refractivity contribution is 6.00. The predicted octanol–water partition coefficient (Wildman–Crippen LogP) is 4.79. The van der Waals surface area contributed by atoms with Crippen LogP contribution in [-0.4, -0.2) is 28.7 Å². The molecule has 0 saturated carbocycles. The normalized spacial score (nSPS) is 10.6. The summed E-state index contributed by atoms with van der Waals surface area (Å²) in [7, 11) is 0. The van der Waals surface area contributed by atoms with Gasteiger partial charge in [0.2, 0.25) is 11.5 Å². The number of carbonyl (C=O) groups excluding carboxylic acids is 3. The van der Waals surface area contributed by atoms with Crippen molar-refractivity contribution in [3.63, 3.8) is 0 Å². The Bertz CT molecular complexity index is 1120. The summed E-state index contributed by atoms with van der Waals surface area (Å²) >= 11 is 0. The number of esters is 1. The number of hydrogen-bond acceptors (Lipinski definition) is 5. The molecule has 0 N–H and O–H groups in total. The van der Waals surface area contributed by atoms with E-state index in [2.05, 4.69) is 6.58 Å². The second-order valence-electron chi connectivity index (χ2n) is 6.98. The predicted molar refractivity (Wildman–Crippen MR) is 113 cm³/mol. The van der Waals surface area contributed by atoms with Crippen LogP contribution < -0.4 is 0 Å². The Labute approximate surface area is 174 Å². The van der Waals surface area contributed by atoms with Gasteiger partial charge in [-0.2, -0.15) is 0 Å². The van der Waals surface area contributed by atoms with Gasteiger partial charge in [-0.3, -0.25) is 9.59 Å². The Morgan fingerprint density at radius 1 is 1.10 bits per heavy atom. The molecule has 6 heteroatoms. The van der Waals surface area contributed by atoms with Gasteiger partial charge in [0.1, 0.15) is 5.76 Å². The maximum atomic E-state index is 12.5. The molecule has 1 aromatic carbocycles. The number of ketones is 2. The third-order valence-electron chi connectivity index (χ3n) is 4.90. The second-order valence-corrected chi connectivity index (χ2v) is 6.98. The van der Waals surface area contributed by atoms with Crippen molar-refractivity contribution in [2.75, 3.05) is 6.61 Å². The second kappa shape index (κ2) is 8.78. The number of aryl methyl sites for hydroxylation is 1. The summed E-state index contributed by atoms with van der Waals surface area (Å²) in [6.45, 7) is 9.20. The summed E-state index contributed by atoms with van der Waals surface area (Å²) in [4.78, 5) is 36.2. The molecule has 0 saturated heterocycles. The van der Waals surface area contributed by atoms with Crippen LogP contribution >= 0.6 is 0 Å². The first kappa shape index (κ1) is 21.0. The van der Waals surface area contributed by atoms with Gasteiger partial charge in [0.15, 0.2) is 12.4 Å². The summed E-state index contributed by atoms with van der Waals surface area (Å²) in [5.74, 6) is -0.546. The lowest BCUT2D eigenvalue weighted by atomic mass is 10.1. The quantitative estimate of drug-likeness (QED) is 0.306. The molecule has 6 nitrogen and oxygen atoms in total. The van der Waals surface area contributed by atoms with Gasteiger partial charge in [-0.1, -0.05) is 30.3 Å². The van der Waals surface area contributed by atoms with Crippen molar-refractivity contribution in [2.45, 2.75) is 27.3 Å². The van der Waals surface area contributed by atoms with E-state index in [4.69, 9.17) is 9.15 Å². The monoisotopic (exact) mass is 405 g/mol. The lowest BCUT2D eigenvalue weighted by Gasteiger charge is -2.06. The van der Waals surface area contributed by atoms with E-state index in [-0.39, 0.29) is 23.9 Å². The van der Waals surface area contributed by atoms with E-state index >= 15 is 0 Å². The zero-order valence-electron chi connectivity index (χ0n) is 17.2. The van der Waals surface area contributed by atoms with Crippen LogP contribution in [0.5, 0.6) is 0 Å². The highest BCUT2D eigenvalue weighted by Gasteiger charge is 2.19. The van der Waals surface area contributed by atoms with Crippen LogP contribution in [0.2, 0.25) is 0 Å². The van der Waals surface area contributed by atoms with E-state index in [1.54, 1.807) is 42.5 Å². The molecule has 3 aromatic rings. The molecule has 0 aliphatic rings. The minimum absolute atomic E-state index is 0.00516. The van der Waals surface area contributed by atoms with Crippen LogP contribution in [0, 0.1) is 13.8 Å². The molecular formula is C24H23NO5. The summed E-state index contributed by atoms with van der Waals surface area (Å²) < 4.78 is 12.7. The molecule has 0 aliphatic heterocycles.